The van der Waals surface area contributed by atoms with Crippen molar-refractivity contribution in [1.29, 1.82) is 0 Å². The molecule has 9 nitrogen and oxygen atoms in total. The molecule has 0 unspecified atom stereocenters. The van der Waals surface area contributed by atoms with E-state index in [2.05, 4.69) is 10.6 Å². The van der Waals surface area contributed by atoms with Gasteiger partial charge in [0, 0.05) is 48.2 Å². The number of nitrogens with one attached hydrogen (secondary N) is 2. The number of imidazole rings is 1. The SMILES string of the molecule is Cc1cccc(C)c1Nc1c(-c2cccc([N+](=O)[O-])c2)nc2cc(C(=O)NCCN)ccn12. The van der Waals surface area contributed by atoms with E-state index in [4.69, 9.17) is 10.7 Å². The Morgan fingerprint density at radius 1 is 1.12 bits per heavy atom. The summed E-state index contributed by atoms with van der Waals surface area (Å²) < 4.78 is 1.83. The van der Waals surface area contributed by atoms with Gasteiger partial charge in [-0.1, -0.05) is 30.3 Å². The van der Waals surface area contributed by atoms with Crippen LogP contribution in [0.15, 0.2) is 60.8 Å². The molecular weight excluding hydrogens is 420 g/mol. The predicted molar refractivity (Wildman–Crippen MR) is 128 cm³/mol. The Kier molecular flexibility index (Phi) is 6.05. The van der Waals surface area contributed by atoms with Crippen molar-refractivity contribution >= 4 is 28.7 Å². The van der Waals surface area contributed by atoms with Gasteiger partial charge in [-0.25, -0.2) is 4.98 Å². The minimum atomic E-state index is -0.433. The number of rotatable bonds is 7. The van der Waals surface area contributed by atoms with Gasteiger partial charge in [-0.2, -0.15) is 0 Å². The fourth-order valence-corrected chi connectivity index (χ4v) is 3.69. The summed E-state index contributed by atoms with van der Waals surface area (Å²) in [5.41, 5.74) is 10.6. The number of carbonyl (C=O) groups is 1. The highest BCUT2D eigenvalue weighted by atomic mass is 16.6. The average molecular weight is 444 g/mol. The lowest BCUT2D eigenvalue weighted by Crippen LogP contribution is -2.29. The van der Waals surface area contributed by atoms with Gasteiger partial charge in [0.15, 0.2) is 0 Å². The summed E-state index contributed by atoms with van der Waals surface area (Å²) in [6.07, 6.45) is 1.76. The van der Waals surface area contributed by atoms with Crippen molar-refractivity contribution in [2.75, 3.05) is 18.4 Å². The monoisotopic (exact) mass is 444 g/mol. The Balaban J connectivity index is 1.89. The molecule has 4 N–H and O–H groups in total. The van der Waals surface area contributed by atoms with E-state index >= 15 is 0 Å². The zero-order chi connectivity index (χ0) is 23.5. The molecule has 2 aromatic heterocycles. The maximum atomic E-state index is 12.4. The lowest BCUT2D eigenvalue weighted by atomic mass is 10.1. The van der Waals surface area contributed by atoms with Gasteiger partial charge in [0.25, 0.3) is 11.6 Å². The minimum absolute atomic E-state index is 0.0237. The molecule has 0 saturated carbocycles. The molecule has 9 heteroatoms. The molecule has 168 valence electrons. The Labute approximate surface area is 190 Å². The van der Waals surface area contributed by atoms with E-state index in [0.717, 1.165) is 16.8 Å². The van der Waals surface area contributed by atoms with Crippen LogP contribution in [0.3, 0.4) is 0 Å². The number of nitro groups is 1. The Morgan fingerprint density at radius 3 is 2.55 bits per heavy atom. The van der Waals surface area contributed by atoms with E-state index < -0.39 is 4.92 Å². The quantitative estimate of drug-likeness (QED) is 0.292. The van der Waals surface area contributed by atoms with Crippen molar-refractivity contribution in [2.45, 2.75) is 13.8 Å². The first-order chi connectivity index (χ1) is 15.9. The third-order valence-electron chi connectivity index (χ3n) is 5.37. The Morgan fingerprint density at radius 2 is 1.85 bits per heavy atom. The van der Waals surface area contributed by atoms with Crippen molar-refractivity contribution in [2.24, 2.45) is 5.73 Å². The second-order valence-electron chi connectivity index (χ2n) is 7.70. The first-order valence-corrected chi connectivity index (χ1v) is 10.5. The molecule has 33 heavy (non-hydrogen) atoms. The van der Waals surface area contributed by atoms with Gasteiger partial charge in [0.05, 0.1) is 4.92 Å². The molecule has 2 heterocycles. The molecule has 0 atom stereocenters. The third kappa shape index (κ3) is 4.39. The summed E-state index contributed by atoms with van der Waals surface area (Å²) in [5, 5.41) is 17.6. The molecular formula is C24H24N6O3. The van der Waals surface area contributed by atoms with Crippen LogP contribution in [0.5, 0.6) is 0 Å². The summed E-state index contributed by atoms with van der Waals surface area (Å²) in [7, 11) is 0. The summed E-state index contributed by atoms with van der Waals surface area (Å²) in [6.45, 7) is 4.73. The van der Waals surface area contributed by atoms with E-state index in [1.807, 2.05) is 36.4 Å². The first-order valence-electron chi connectivity index (χ1n) is 10.5. The highest BCUT2D eigenvalue weighted by Crippen LogP contribution is 2.34. The van der Waals surface area contributed by atoms with E-state index in [1.165, 1.54) is 12.1 Å². The van der Waals surface area contributed by atoms with Crippen LogP contribution in [0.1, 0.15) is 21.5 Å². The van der Waals surface area contributed by atoms with Crippen LogP contribution >= 0.6 is 0 Å². The van der Waals surface area contributed by atoms with Gasteiger partial charge < -0.3 is 16.4 Å². The topological polar surface area (TPSA) is 128 Å². The van der Waals surface area contributed by atoms with Crippen LogP contribution in [0, 0.1) is 24.0 Å². The molecule has 0 spiro atoms. The number of hydrogen-bond acceptors (Lipinski definition) is 6. The number of benzene rings is 2. The zero-order valence-electron chi connectivity index (χ0n) is 18.3. The maximum absolute atomic E-state index is 12.4. The van der Waals surface area contributed by atoms with Crippen LogP contribution in [0.4, 0.5) is 17.2 Å². The largest absolute Gasteiger partial charge is 0.351 e. The van der Waals surface area contributed by atoms with Crippen LogP contribution in [0.25, 0.3) is 16.9 Å². The van der Waals surface area contributed by atoms with Crippen LogP contribution in [-0.4, -0.2) is 33.3 Å². The van der Waals surface area contributed by atoms with Crippen molar-refractivity contribution in [3.63, 3.8) is 0 Å². The molecule has 0 saturated heterocycles. The number of anilines is 2. The van der Waals surface area contributed by atoms with Crippen LogP contribution in [-0.2, 0) is 0 Å². The van der Waals surface area contributed by atoms with Gasteiger partial charge in [-0.3, -0.25) is 19.3 Å². The Hall–Kier alpha value is -4.24. The number of non-ortho nitro benzene ring substituents is 1. The molecule has 4 rings (SSSR count). The summed E-state index contributed by atoms with van der Waals surface area (Å²) in [5.74, 6) is 0.406. The van der Waals surface area contributed by atoms with Crippen molar-refractivity contribution in [3.05, 3.63) is 87.6 Å². The molecule has 1 amide bonds. The number of nitrogens with two attached hydrogens (primary N) is 1. The lowest BCUT2D eigenvalue weighted by Gasteiger charge is -2.14. The van der Waals surface area contributed by atoms with Crippen molar-refractivity contribution in [3.8, 4) is 11.3 Å². The minimum Gasteiger partial charge on any atom is -0.351 e. The second kappa shape index (κ2) is 9.09. The molecule has 0 radical (unpaired) electrons. The standard InChI is InChI=1S/C24H24N6O3/c1-15-5-3-6-16(2)21(15)28-23-22(17-7-4-8-19(13-17)30(32)33)27-20-14-18(9-12-29(20)23)24(31)26-11-10-25/h3-9,12-14,28H,10-11,25H2,1-2H3,(H,26,31). The molecule has 2 aromatic carbocycles. The number of aryl methyl sites for hydroxylation is 2. The van der Waals surface area contributed by atoms with E-state index in [0.29, 0.717) is 41.4 Å². The fraction of sp³-hybridized carbons (Fsp3) is 0.167. The van der Waals surface area contributed by atoms with Gasteiger partial charge in [0.1, 0.15) is 17.2 Å². The number of pyridine rings is 1. The van der Waals surface area contributed by atoms with Gasteiger partial charge in [0.2, 0.25) is 0 Å². The highest BCUT2D eigenvalue weighted by molar-refractivity contribution is 5.95. The lowest BCUT2D eigenvalue weighted by molar-refractivity contribution is -0.384. The first kappa shape index (κ1) is 22.0. The second-order valence-corrected chi connectivity index (χ2v) is 7.70. The predicted octanol–water partition coefficient (Wildman–Crippen LogP) is 3.96. The number of amides is 1. The van der Waals surface area contributed by atoms with E-state index in [9.17, 15) is 14.9 Å². The van der Waals surface area contributed by atoms with Gasteiger partial charge in [-0.15, -0.1) is 0 Å². The van der Waals surface area contributed by atoms with E-state index in [-0.39, 0.29) is 11.6 Å². The van der Waals surface area contributed by atoms with Crippen molar-refractivity contribution < 1.29 is 9.72 Å². The van der Waals surface area contributed by atoms with Gasteiger partial charge in [-0.05, 0) is 37.1 Å². The molecule has 0 aliphatic carbocycles. The smallest absolute Gasteiger partial charge is 0.270 e. The Bertz CT molecular complexity index is 1340. The number of para-hydroxylation sites is 1. The molecule has 0 bridgehead atoms. The maximum Gasteiger partial charge on any atom is 0.270 e. The molecule has 4 aromatic rings. The zero-order valence-corrected chi connectivity index (χ0v) is 18.3. The number of aromatic nitrogens is 2. The molecule has 0 fully saturated rings. The number of nitro benzene ring substituents is 1. The van der Waals surface area contributed by atoms with Crippen LogP contribution in [0.2, 0.25) is 0 Å². The number of nitrogens with zero attached hydrogens (tertiary/aromatic N) is 3. The summed E-state index contributed by atoms with van der Waals surface area (Å²) in [6, 6.07) is 15.7. The average Bonchev–Trinajstić information content (AvgIpc) is 3.17. The van der Waals surface area contributed by atoms with Gasteiger partial charge >= 0.3 is 0 Å². The van der Waals surface area contributed by atoms with Crippen molar-refractivity contribution in [1.82, 2.24) is 14.7 Å². The number of hydrogen-bond donors (Lipinski definition) is 3. The number of carbonyl (C=O) groups excluding carboxylic acids is 1. The van der Waals surface area contributed by atoms with Crippen LogP contribution < -0.4 is 16.4 Å². The fourth-order valence-electron chi connectivity index (χ4n) is 3.69. The normalized spacial score (nSPS) is 10.9. The highest BCUT2D eigenvalue weighted by Gasteiger charge is 2.19. The summed E-state index contributed by atoms with van der Waals surface area (Å²) in [4.78, 5) is 28.1. The summed E-state index contributed by atoms with van der Waals surface area (Å²) >= 11 is 0. The molecule has 0 aliphatic rings. The third-order valence-corrected chi connectivity index (χ3v) is 5.37. The molecule has 0 aliphatic heterocycles. The van der Waals surface area contributed by atoms with E-state index in [1.54, 1.807) is 30.5 Å². The number of fused-ring (bicyclic) bond motifs is 1.